The van der Waals surface area contributed by atoms with Crippen molar-refractivity contribution in [2.75, 3.05) is 24.7 Å². The molecule has 3 N–H and O–H groups in total. The first kappa shape index (κ1) is 16.2. The van der Waals surface area contributed by atoms with Crippen LogP contribution in [0.2, 0.25) is 0 Å². The van der Waals surface area contributed by atoms with E-state index in [1.807, 2.05) is 0 Å². The molecule has 98 valence electrons. The van der Waals surface area contributed by atoms with Crippen LogP contribution in [0.3, 0.4) is 0 Å². The van der Waals surface area contributed by atoms with E-state index in [0.717, 1.165) is 12.3 Å². The molecule has 0 radical (unpaired) electrons. The zero-order valence-corrected chi connectivity index (χ0v) is 11.4. The first-order valence-corrected chi connectivity index (χ1v) is 7.46. The van der Waals surface area contributed by atoms with Crippen molar-refractivity contribution in [1.82, 2.24) is 5.32 Å². The van der Waals surface area contributed by atoms with E-state index in [-0.39, 0.29) is 6.61 Å². The number of thioether (sulfide) groups is 1. The van der Waals surface area contributed by atoms with E-state index in [0.29, 0.717) is 11.8 Å². The van der Waals surface area contributed by atoms with Crippen molar-refractivity contribution in [2.24, 2.45) is 0 Å². The summed E-state index contributed by atoms with van der Waals surface area (Å²) in [6.45, 7) is 5.41. The maximum atomic E-state index is 9.12. The normalized spacial score (nSPS) is 15.0. The lowest BCUT2D eigenvalue weighted by Gasteiger charge is -2.12. The summed E-state index contributed by atoms with van der Waals surface area (Å²) in [5, 5.41) is 21.2. The Hall–Kier alpha value is 0.230. The van der Waals surface area contributed by atoms with Crippen LogP contribution in [0, 0.1) is 0 Å². The third kappa shape index (κ3) is 10.7. The topological polar surface area (TPSA) is 52.5 Å². The van der Waals surface area contributed by atoms with Crippen LogP contribution in [-0.4, -0.2) is 47.0 Å². The molecular weight excluding hydrogens is 222 g/mol. The predicted molar refractivity (Wildman–Crippen MR) is 72.0 cm³/mol. The average molecular weight is 249 g/mol. The highest BCUT2D eigenvalue weighted by Crippen LogP contribution is 2.09. The highest BCUT2D eigenvalue weighted by molar-refractivity contribution is 7.99. The van der Waals surface area contributed by atoms with Crippen LogP contribution >= 0.6 is 11.8 Å². The van der Waals surface area contributed by atoms with Crippen LogP contribution in [0.1, 0.15) is 39.5 Å². The van der Waals surface area contributed by atoms with Crippen LogP contribution in [0.5, 0.6) is 0 Å². The minimum absolute atomic E-state index is 0.120. The van der Waals surface area contributed by atoms with E-state index in [4.69, 9.17) is 10.2 Å². The Kier molecular flexibility index (Phi) is 11.9. The largest absolute Gasteiger partial charge is 0.394 e. The molecule has 0 heterocycles. The van der Waals surface area contributed by atoms with Gasteiger partial charge in [-0.1, -0.05) is 13.3 Å². The van der Waals surface area contributed by atoms with Crippen molar-refractivity contribution in [1.29, 1.82) is 0 Å². The van der Waals surface area contributed by atoms with Gasteiger partial charge in [0.2, 0.25) is 0 Å². The number of hydrogen-bond acceptors (Lipinski definition) is 4. The lowest BCUT2D eigenvalue weighted by atomic mass is 10.1. The fourth-order valence-electron chi connectivity index (χ4n) is 1.42. The van der Waals surface area contributed by atoms with Crippen molar-refractivity contribution in [2.45, 2.75) is 51.7 Å². The summed E-state index contributed by atoms with van der Waals surface area (Å²) in [7, 11) is 0. The van der Waals surface area contributed by atoms with E-state index < -0.39 is 6.10 Å². The number of aliphatic hydroxyl groups is 2. The van der Waals surface area contributed by atoms with Gasteiger partial charge in [0.15, 0.2) is 0 Å². The van der Waals surface area contributed by atoms with E-state index in [1.54, 1.807) is 11.8 Å². The summed E-state index contributed by atoms with van der Waals surface area (Å²) in [6, 6.07) is 0.619. The third-order valence-corrected chi connectivity index (χ3v) is 3.64. The Labute approximate surface area is 104 Å². The summed E-state index contributed by atoms with van der Waals surface area (Å²) in [6.07, 6.45) is 4.30. The Bertz CT molecular complexity index is 147. The van der Waals surface area contributed by atoms with Crippen molar-refractivity contribution >= 4 is 11.8 Å². The standard InChI is InChI=1S/C12H27NO2S/c1-3-7-13-11(2)6-4-5-8-16-10-12(15)9-14/h11-15H,3-10H2,1-2H3. The first-order valence-electron chi connectivity index (χ1n) is 6.30. The van der Waals surface area contributed by atoms with Crippen LogP contribution in [0.4, 0.5) is 0 Å². The highest BCUT2D eigenvalue weighted by Gasteiger charge is 2.02. The van der Waals surface area contributed by atoms with Crippen LogP contribution in [0.15, 0.2) is 0 Å². The first-order chi connectivity index (χ1) is 7.70. The third-order valence-electron chi connectivity index (χ3n) is 2.44. The van der Waals surface area contributed by atoms with Crippen molar-refractivity contribution in [3.8, 4) is 0 Å². The minimum Gasteiger partial charge on any atom is -0.394 e. The Morgan fingerprint density at radius 3 is 2.69 bits per heavy atom. The number of hydrogen-bond donors (Lipinski definition) is 3. The lowest BCUT2D eigenvalue weighted by Crippen LogP contribution is -2.26. The van der Waals surface area contributed by atoms with Gasteiger partial charge in [0, 0.05) is 11.8 Å². The maximum absolute atomic E-state index is 9.12. The van der Waals surface area contributed by atoms with Crippen LogP contribution in [0.25, 0.3) is 0 Å². The van der Waals surface area contributed by atoms with Gasteiger partial charge in [-0.25, -0.2) is 0 Å². The molecule has 0 amide bonds. The Balaban J connectivity index is 3.14. The molecule has 3 nitrogen and oxygen atoms in total. The molecule has 0 rings (SSSR count). The van der Waals surface area contributed by atoms with E-state index in [9.17, 15) is 0 Å². The number of aliphatic hydroxyl groups excluding tert-OH is 2. The van der Waals surface area contributed by atoms with Gasteiger partial charge in [-0.3, -0.25) is 0 Å². The number of nitrogens with one attached hydrogen (secondary N) is 1. The summed E-state index contributed by atoms with van der Waals surface area (Å²) >= 11 is 1.73. The lowest BCUT2D eigenvalue weighted by molar-refractivity contribution is 0.113. The van der Waals surface area contributed by atoms with Gasteiger partial charge in [0.1, 0.15) is 0 Å². The van der Waals surface area contributed by atoms with Crippen molar-refractivity contribution in [3.63, 3.8) is 0 Å². The van der Waals surface area contributed by atoms with Crippen LogP contribution in [-0.2, 0) is 0 Å². The second-order valence-corrected chi connectivity index (χ2v) is 5.41. The van der Waals surface area contributed by atoms with Gasteiger partial charge in [-0.15, -0.1) is 0 Å². The SMILES string of the molecule is CCCNC(C)CCCCSCC(O)CO. The molecule has 4 heteroatoms. The zero-order chi connectivity index (χ0) is 12.2. The molecule has 0 saturated heterocycles. The molecule has 0 aromatic heterocycles. The smallest absolute Gasteiger partial charge is 0.0861 e. The second-order valence-electron chi connectivity index (χ2n) is 4.26. The van der Waals surface area contributed by atoms with Gasteiger partial charge in [0.25, 0.3) is 0 Å². The highest BCUT2D eigenvalue weighted by atomic mass is 32.2. The fraction of sp³-hybridized carbons (Fsp3) is 1.00. The van der Waals surface area contributed by atoms with Crippen molar-refractivity contribution < 1.29 is 10.2 Å². The van der Waals surface area contributed by atoms with Gasteiger partial charge in [-0.2, -0.15) is 11.8 Å². The molecule has 0 fully saturated rings. The molecule has 0 saturated carbocycles. The monoisotopic (exact) mass is 249 g/mol. The fourth-order valence-corrected chi connectivity index (χ4v) is 2.37. The van der Waals surface area contributed by atoms with Crippen LogP contribution < -0.4 is 5.32 Å². The number of unbranched alkanes of at least 4 members (excludes halogenated alkanes) is 1. The van der Waals surface area contributed by atoms with Crippen molar-refractivity contribution in [3.05, 3.63) is 0 Å². The summed E-state index contributed by atoms with van der Waals surface area (Å²) in [4.78, 5) is 0. The van der Waals surface area contributed by atoms with Gasteiger partial charge >= 0.3 is 0 Å². The summed E-state index contributed by atoms with van der Waals surface area (Å²) in [5.41, 5.74) is 0. The zero-order valence-electron chi connectivity index (χ0n) is 10.6. The van der Waals surface area contributed by atoms with E-state index in [1.165, 1.54) is 25.7 Å². The number of rotatable bonds is 11. The van der Waals surface area contributed by atoms with Gasteiger partial charge in [0.05, 0.1) is 12.7 Å². The molecular formula is C12H27NO2S. The van der Waals surface area contributed by atoms with Gasteiger partial charge in [-0.05, 0) is 38.5 Å². The molecule has 0 aliphatic carbocycles. The predicted octanol–water partition coefficient (Wildman–Crippen LogP) is 1.63. The molecule has 0 spiro atoms. The minimum atomic E-state index is -0.546. The molecule has 2 unspecified atom stereocenters. The Morgan fingerprint density at radius 2 is 2.06 bits per heavy atom. The quantitative estimate of drug-likeness (QED) is 0.487. The molecule has 0 aromatic rings. The van der Waals surface area contributed by atoms with E-state index in [2.05, 4.69) is 19.2 Å². The second kappa shape index (κ2) is 11.7. The molecule has 0 aliphatic heterocycles. The molecule has 16 heavy (non-hydrogen) atoms. The summed E-state index contributed by atoms with van der Waals surface area (Å²) in [5.74, 6) is 1.73. The van der Waals surface area contributed by atoms with Gasteiger partial charge < -0.3 is 15.5 Å². The molecule has 0 aromatic carbocycles. The van der Waals surface area contributed by atoms with E-state index >= 15 is 0 Å². The molecule has 2 atom stereocenters. The maximum Gasteiger partial charge on any atom is 0.0861 e. The molecule has 0 bridgehead atoms. The molecule has 0 aliphatic rings. The Morgan fingerprint density at radius 1 is 1.31 bits per heavy atom. The summed E-state index contributed by atoms with van der Waals surface area (Å²) < 4.78 is 0. The average Bonchev–Trinajstić information content (AvgIpc) is 2.30.